The van der Waals surface area contributed by atoms with Crippen molar-refractivity contribution in [1.82, 2.24) is 0 Å². The zero-order valence-electron chi connectivity index (χ0n) is 8.84. The summed E-state index contributed by atoms with van der Waals surface area (Å²) in [7, 11) is 0. The fraction of sp³-hybridized carbons (Fsp3) is 0.0714. The topological polar surface area (TPSA) is 17.1 Å². The van der Waals surface area contributed by atoms with Crippen molar-refractivity contribution >= 4 is 33.3 Å². The minimum Gasteiger partial charge on any atom is -0.289 e. The molecule has 1 nitrogen and oxygen atoms in total. The van der Waals surface area contributed by atoms with Crippen molar-refractivity contribution in [3.8, 4) is 0 Å². The van der Waals surface area contributed by atoms with E-state index < -0.39 is 0 Å². The van der Waals surface area contributed by atoms with Crippen LogP contribution in [0.1, 0.15) is 27.0 Å². The fourth-order valence-electron chi connectivity index (χ4n) is 2.19. The van der Waals surface area contributed by atoms with E-state index in [4.69, 9.17) is 11.6 Å². The standard InChI is InChI=1S/C14H8BrClO/c15-10-2-1-8-5-9-6-11(16)3-4-12(9)14(17)13(8)7-10/h1-4,6-7H,5H2. The van der Waals surface area contributed by atoms with Crippen LogP contribution in [0.25, 0.3) is 0 Å². The van der Waals surface area contributed by atoms with Gasteiger partial charge in [-0.1, -0.05) is 33.6 Å². The Bertz CT molecular complexity index is 634. The average Bonchev–Trinajstić information content (AvgIpc) is 2.30. The average molecular weight is 308 g/mol. The number of rotatable bonds is 0. The summed E-state index contributed by atoms with van der Waals surface area (Å²) in [6.07, 6.45) is 0.768. The maximum atomic E-state index is 12.3. The Kier molecular flexibility index (Phi) is 2.57. The molecule has 0 aromatic heterocycles. The molecule has 1 aliphatic carbocycles. The Morgan fingerprint density at radius 2 is 1.82 bits per heavy atom. The molecule has 3 heteroatoms. The first-order valence-corrected chi connectivity index (χ1v) is 6.44. The first kappa shape index (κ1) is 11.0. The molecule has 3 rings (SSSR count). The van der Waals surface area contributed by atoms with Gasteiger partial charge in [0, 0.05) is 20.6 Å². The quantitative estimate of drug-likeness (QED) is 0.607. The third-order valence-corrected chi connectivity index (χ3v) is 3.74. The van der Waals surface area contributed by atoms with Gasteiger partial charge in [0.2, 0.25) is 0 Å². The summed E-state index contributed by atoms with van der Waals surface area (Å²) in [6, 6.07) is 11.3. The highest BCUT2D eigenvalue weighted by molar-refractivity contribution is 9.10. The summed E-state index contributed by atoms with van der Waals surface area (Å²) in [5, 5.41) is 0.678. The van der Waals surface area contributed by atoms with E-state index in [0.717, 1.165) is 33.1 Å². The summed E-state index contributed by atoms with van der Waals surface area (Å²) < 4.78 is 0.932. The summed E-state index contributed by atoms with van der Waals surface area (Å²) in [5.41, 5.74) is 3.62. The Balaban J connectivity index is 2.21. The summed E-state index contributed by atoms with van der Waals surface area (Å²) in [5.74, 6) is 0.0826. The molecule has 17 heavy (non-hydrogen) atoms. The summed E-state index contributed by atoms with van der Waals surface area (Å²) in [6.45, 7) is 0. The van der Waals surface area contributed by atoms with Crippen LogP contribution in [0.4, 0.5) is 0 Å². The second-order valence-corrected chi connectivity index (χ2v) is 5.46. The van der Waals surface area contributed by atoms with Crippen molar-refractivity contribution < 1.29 is 4.79 Å². The van der Waals surface area contributed by atoms with Crippen LogP contribution in [0.15, 0.2) is 40.9 Å². The highest BCUT2D eigenvalue weighted by Gasteiger charge is 2.23. The third kappa shape index (κ3) is 1.81. The van der Waals surface area contributed by atoms with E-state index in [-0.39, 0.29) is 5.78 Å². The molecule has 0 spiro atoms. The van der Waals surface area contributed by atoms with Gasteiger partial charge in [-0.2, -0.15) is 0 Å². The van der Waals surface area contributed by atoms with Crippen LogP contribution in [0.5, 0.6) is 0 Å². The predicted molar refractivity (Wildman–Crippen MR) is 71.8 cm³/mol. The lowest BCUT2D eigenvalue weighted by Gasteiger charge is -2.18. The SMILES string of the molecule is O=C1c2ccc(Cl)cc2Cc2ccc(Br)cc21. The van der Waals surface area contributed by atoms with Crippen LogP contribution in [0.2, 0.25) is 5.02 Å². The lowest BCUT2D eigenvalue weighted by molar-refractivity contribution is 0.103. The molecule has 2 aromatic carbocycles. The van der Waals surface area contributed by atoms with Crippen molar-refractivity contribution in [1.29, 1.82) is 0 Å². The highest BCUT2D eigenvalue weighted by atomic mass is 79.9. The van der Waals surface area contributed by atoms with Gasteiger partial charge in [0.15, 0.2) is 5.78 Å². The first-order valence-electron chi connectivity index (χ1n) is 5.27. The fourth-order valence-corrected chi connectivity index (χ4v) is 2.75. The van der Waals surface area contributed by atoms with E-state index >= 15 is 0 Å². The van der Waals surface area contributed by atoms with Crippen LogP contribution in [-0.4, -0.2) is 5.78 Å². The third-order valence-electron chi connectivity index (χ3n) is 3.01. The Hall–Kier alpha value is -1.12. The molecule has 0 N–H and O–H groups in total. The summed E-state index contributed by atoms with van der Waals surface area (Å²) >= 11 is 9.35. The van der Waals surface area contributed by atoms with Gasteiger partial charge >= 0.3 is 0 Å². The largest absolute Gasteiger partial charge is 0.289 e. The maximum Gasteiger partial charge on any atom is 0.193 e. The van der Waals surface area contributed by atoms with Gasteiger partial charge in [-0.25, -0.2) is 0 Å². The molecule has 0 fully saturated rings. The zero-order valence-corrected chi connectivity index (χ0v) is 11.2. The molecule has 2 aromatic rings. The van der Waals surface area contributed by atoms with Crippen LogP contribution >= 0.6 is 27.5 Å². The van der Waals surface area contributed by atoms with Crippen molar-refractivity contribution in [3.63, 3.8) is 0 Å². The normalized spacial score (nSPS) is 13.2. The predicted octanol–water partition coefficient (Wildman–Crippen LogP) is 4.24. The lowest BCUT2D eigenvalue weighted by atomic mass is 9.85. The van der Waals surface area contributed by atoms with Crippen LogP contribution < -0.4 is 0 Å². The Labute approximate surface area is 113 Å². The molecule has 0 heterocycles. The lowest BCUT2D eigenvalue weighted by Crippen LogP contribution is -2.14. The molecule has 0 aliphatic heterocycles. The van der Waals surface area contributed by atoms with E-state index in [1.54, 1.807) is 6.07 Å². The second-order valence-electron chi connectivity index (χ2n) is 4.11. The number of hydrogen-bond acceptors (Lipinski definition) is 1. The number of ketones is 1. The van der Waals surface area contributed by atoms with Crippen molar-refractivity contribution in [2.75, 3.05) is 0 Å². The highest BCUT2D eigenvalue weighted by Crippen LogP contribution is 2.30. The molecule has 0 unspecified atom stereocenters. The second kappa shape index (κ2) is 3.97. The van der Waals surface area contributed by atoms with Crippen LogP contribution in [0.3, 0.4) is 0 Å². The van der Waals surface area contributed by atoms with Gasteiger partial charge in [0.05, 0.1) is 0 Å². The molecular formula is C14H8BrClO. The van der Waals surface area contributed by atoms with Gasteiger partial charge in [0.1, 0.15) is 0 Å². The molecule has 0 atom stereocenters. The van der Waals surface area contributed by atoms with E-state index in [0.29, 0.717) is 5.02 Å². The molecule has 0 radical (unpaired) electrons. The number of carbonyl (C=O) groups is 1. The van der Waals surface area contributed by atoms with Gasteiger partial charge in [-0.3, -0.25) is 4.79 Å². The molecule has 0 saturated carbocycles. The number of halogens is 2. The molecule has 0 bridgehead atoms. The van der Waals surface area contributed by atoms with Crippen LogP contribution in [0, 0.1) is 0 Å². The van der Waals surface area contributed by atoms with Crippen molar-refractivity contribution in [2.45, 2.75) is 6.42 Å². The zero-order chi connectivity index (χ0) is 12.0. The molecule has 0 amide bonds. The van der Waals surface area contributed by atoms with E-state index in [9.17, 15) is 4.79 Å². The molecule has 0 saturated heterocycles. The first-order chi connectivity index (χ1) is 8.15. The van der Waals surface area contributed by atoms with E-state index in [1.807, 2.05) is 30.3 Å². The minimum absolute atomic E-state index is 0.0826. The van der Waals surface area contributed by atoms with Gasteiger partial charge < -0.3 is 0 Å². The van der Waals surface area contributed by atoms with Gasteiger partial charge in [-0.05, 0) is 47.9 Å². The molecule has 1 aliphatic rings. The maximum absolute atomic E-state index is 12.3. The van der Waals surface area contributed by atoms with Crippen LogP contribution in [-0.2, 0) is 6.42 Å². The molecule has 84 valence electrons. The van der Waals surface area contributed by atoms with Gasteiger partial charge in [-0.15, -0.1) is 0 Å². The minimum atomic E-state index is 0.0826. The van der Waals surface area contributed by atoms with E-state index in [1.165, 1.54) is 0 Å². The smallest absolute Gasteiger partial charge is 0.193 e. The molecular weight excluding hydrogens is 300 g/mol. The Morgan fingerprint density at radius 1 is 1.00 bits per heavy atom. The van der Waals surface area contributed by atoms with Crippen molar-refractivity contribution in [2.24, 2.45) is 0 Å². The number of hydrogen-bond donors (Lipinski definition) is 0. The number of benzene rings is 2. The number of carbonyl (C=O) groups excluding carboxylic acids is 1. The summed E-state index contributed by atoms with van der Waals surface area (Å²) in [4.78, 5) is 12.3. The van der Waals surface area contributed by atoms with Gasteiger partial charge in [0.25, 0.3) is 0 Å². The Morgan fingerprint density at radius 3 is 2.65 bits per heavy atom. The van der Waals surface area contributed by atoms with Crippen molar-refractivity contribution in [3.05, 3.63) is 68.1 Å². The number of fused-ring (bicyclic) bond motifs is 2. The monoisotopic (exact) mass is 306 g/mol. The van der Waals surface area contributed by atoms with E-state index in [2.05, 4.69) is 15.9 Å².